The Labute approximate surface area is 102 Å². The maximum Gasteiger partial charge on any atom is 0.197 e. The first-order chi connectivity index (χ1) is 8.15. The molecule has 2 aromatic rings. The second kappa shape index (κ2) is 4.68. The number of aromatic nitrogens is 1. The van der Waals surface area contributed by atoms with Crippen molar-refractivity contribution < 1.29 is 9.13 Å². The molecule has 0 saturated carbocycles. The minimum atomic E-state index is -0.324. The molecule has 3 N–H and O–H groups in total. The number of benzene rings is 1. The molecule has 1 aromatic heterocycles. The van der Waals surface area contributed by atoms with Gasteiger partial charge in [-0.05, 0) is 25.1 Å². The molecule has 90 valence electrons. The third-order valence-corrected chi connectivity index (χ3v) is 3.24. The fraction of sp³-hybridized carbons (Fsp3) is 0.182. The van der Waals surface area contributed by atoms with Gasteiger partial charge in [-0.15, -0.1) is 11.3 Å². The highest BCUT2D eigenvalue weighted by Crippen LogP contribution is 2.35. The van der Waals surface area contributed by atoms with Crippen molar-refractivity contribution in [3.63, 3.8) is 0 Å². The monoisotopic (exact) mass is 253 g/mol. The van der Waals surface area contributed by atoms with Crippen LogP contribution >= 0.6 is 11.3 Å². The number of thiazole rings is 1. The van der Waals surface area contributed by atoms with Gasteiger partial charge in [0, 0.05) is 10.4 Å². The number of nitrogens with two attached hydrogens (primary N) is 1. The first-order valence-electron chi connectivity index (χ1n) is 4.93. The number of nitrogen functional groups attached to an aromatic ring is 1. The van der Waals surface area contributed by atoms with Gasteiger partial charge in [0.15, 0.2) is 5.13 Å². The van der Waals surface area contributed by atoms with Gasteiger partial charge >= 0.3 is 0 Å². The normalized spacial score (nSPS) is 10.4. The van der Waals surface area contributed by atoms with E-state index in [9.17, 15) is 4.39 Å². The number of nitrogens with zero attached hydrogens (tertiary/aromatic N) is 1. The van der Waals surface area contributed by atoms with Gasteiger partial charge in [-0.25, -0.2) is 15.2 Å². The van der Waals surface area contributed by atoms with Crippen molar-refractivity contribution in [2.75, 3.05) is 12.5 Å². The van der Waals surface area contributed by atoms with Crippen molar-refractivity contribution in [3.8, 4) is 17.0 Å². The molecular formula is C11H12FN3OS. The summed E-state index contributed by atoms with van der Waals surface area (Å²) in [7, 11) is 1.54. The molecule has 0 radical (unpaired) electrons. The highest BCUT2D eigenvalue weighted by molar-refractivity contribution is 7.15. The van der Waals surface area contributed by atoms with Crippen LogP contribution in [0.15, 0.2) is 18.2 Å². The summed E-state index contributed by atoms with van der Waals surface area (Å²) < 4.78 is 18.5. The number of aryl methyl sites for hydroxylation is 1. The number of ether oxygens (including phenoxy) is 1. The van der Waals surface area contributed by atoms with Crippen LogP contribution in [0.2, 0.25) is 0 Å². The largest absolute Gasteiger partial charge is 0.496 e. The second-order valence-electron chi connectivity index (χ2n) is 3.41. The Morgan fingerprint density at radius 2 is 2.24 bits per heavy atom. The second-order valence-corrected chi connectivity index (χ2v) is 4.62. The molecule has 0 saturated heterocycles. The molecule has 1 aromatic carbocycles. The summed E-state index contributed by atoms with van der Waals surface area (Å²) in [6, 6.07) is 4.34. The van der Waals surface area contributed by atoms with Gasteiger partial charge in [-0.2, -0.15) is 0 Å². The Morgan fingerprint density at radius 3 is 2.82 bits per heavy atom. The van der Waals surface area contributed by atoms with Crippen LogP contribution in [0.25, 0.3) is 11.3 Å². The molecule has 0 bridgehead atoms. The van der Waals surface area contributed by atoms with Crippen LogP contribution in [0.5, 0.6) is 5.75 Å². The standard InChI is InChI=1S/C11H12FN3OS/c1-6-10(14-11(15-13)17-6)8-5-7(12)3-4-9(8)16-2/h3-5H,13H2,1-2H3,(H,14,15). The van der Waals surface area contributed by atoms with Gasteiger partial charge in [0.25, 0.3) is 0 Å². The zero-order chi connectivity index (χ0) is 12.4. The number of halogens is 1. The quantitative estimate of drug-likeness (QED) is 0.652. The van der Waals surface area contributed by atoms with Crippen LogP contribution in [0.1, 0.15) is 4.88 Å². The molecule has 0 aliphatic rings. The van der Waals surface area contributed by atoms with E-state index in [1.54, 1.807) is 13.2 Å². The summed E-state index contributed by atoms with van der Waals surface area (Å²) in [5.74, 6) is 5.57. The third-order valence-electron chi connectivity index (χ3n) is 2.34. The van der Waals surface area contributed by atoms with Gasteiger partial charge in [-0.1, -0.05) is 0 Å². The summed E-state index contributed by atoms with van der Waals surface area (Å²) in [4.78, 5) is 5.23. The van der Waals surface area contributed by atoms with Gasteiger partial charge in [-0.3, -0.25) is 5.43 Å². The lowest BCUT2D eigenvalue weighted by atomic mass is 10.1. The van der Waals surface area contributed by atoms with E-state index in [4.69, 9.17) is 10.6 Å². The van der Waals surface area contributed by atoms with E-state index in [1.807, 2.05) is 6.92 Å². The van der Waals surface area contributed by atoms with E-state index in [1.165, 1.54) is 23.5 Å². The van der Waals surface area contributed by atoms with Crippen LogP contribution in [0.4, 0.5) is 9.52 Å². The van der Waals surface area contributed by atoms with Crippen molar-refractivity contribution in [1.82, 2.24) is 4.98 Å². The zero-order valence-electron chi connectivity index (χ0n) is 9.45. The van der Waals surface area contributed by atoms with Crippen LogP contribution in [-0.2, 0) is 0 Å². The van der Waals surface area contributed by atoms with E-state index < -0.39 is 0 Å². The van der Waals surface area contributed by atoms with E-state index in [0.29, 0.717) is 22.1 Å². The molecule has 0 aliphatic heterocycles. The smallest absolute Gasteiger partial charge is 0.197 e. The Kier molecular flexibility index (Phi) is 3.26. The summed E-state index contributed by atoms with van der Waals surface area (Å²) in [5.41, 5.74) is 3.79. The Bertz CT molecular complexity index is 542. The van der Waals surface area contributed by atoms with Crippen molar-refractivity contribution in [3.05, 3.63) is 28.9 Å². The molecule has 1 heterocycles. The Hall–Kier alpha value is -1.66. The highest BCUT2D eigenvalue weighted by Gasteiger charge is 2.14. The molecule has 2 rings (SSSR count). The lowest BCUT2D eigenvalue weighted by Gasteiger charge is -2.06. The van der Waals surface area contributed by atoms with Gasteiger partial charge in [0.2, 0.25) is 0 Å². The van der Waals surface area contributed by atoms with E-state index in [0.717, 1.165) is 4.88 Å². The number of nitrogens with one attached hydrogen (secondary N) is 1. The number of hydrogen-bond donors (Lipinski definition) is 2. The van der Waals surface area contributed by atoms with Crippen LogP contribution in [-0.4, -0.2) is 12.1 Å². The van der Waals surface area contributed by atoms with Crippen LogP contribution in [0, 0.1) is 12.7 Å². The number of methoxy groups -OCH3 is 1. The first-order valence-corrected chi connectivity index (χ1v) is 5.75. The molecule has 0 unspecified atom stereocenters. The Balaban J connectivity index is 2.58. The molecule has 0 aliphatic carbocycles. The maximum absolute atomic E-state index is 13.3. The lowest BCUT2D eigenvalue weighted by molar-refractivity contribution is 0.415. The SMILES string of the molecule is COc1ccc(F)cc1-c1nc(NN)sc1C. The van der Waals surface area contributed by atoms with E-state index in [-0.39, 0.29) is 5.82 Å². The lowest BCUT2D eigenvalue weighted by Crippen LogP contribution is -2.05. The molecule has 0 fully saturated rings. The summed E-state index contributed by atoms with van der Waals surface area (Å²) >= 11 is 1.41. The van der Waals surface area contributed by atoms with E-state index in [2.05, 4.69) is 10.4 Å². The predicted octanol–water partition coefficient (Wildman–Crippen LogP) is 2.55. The summed E-state index contributed by atoms with van der Waals surface area (Å²) in [6.07, 6.45) is 0. The predicted molar refractivity (Wildman–Crippen MR) is 66.6 cm³/mol. The topological polar surface area (TPSA) is 60.2 Å². The zero-order valence-corrected chi connectivity index (χ0v) is 10.3. The van der Waals surface area contributed by atoms with Crippen molar-refractivity contribution in [2.24, 2.45) is 5.84 Å². The molecule has 6 heteroatoms. The molecular weight excluding hydrogens is 241 g/mol. The molecule has 0 atom stereocenters. The van der Waals surface area contributed by atoms with Crippen molar-refractivity contribution >= 4 is 16.5 Å². The van der Waals surface area contributed by atoms with Crippen molar-refractivity contribution in [1.29, 1.82) is 0 Å². The highest BCUT2D eigenvalue weighted by atomic mass is 32.1. The molecule has 0 amide bonds. The average Bonchev–Trinajstić information content (AvgIpc) is 2.70. The van der Waals surface area contributed by atoms with Crippen LogP contribution < -0.4 is 16.0 Å². The summed E-state index contributed by atoms with van der Waals surface area (Å²) in [5, 5.41) is 0.587. The molecule has 0 spiro atoms. The fourth-order valence-electron chi connectivity index (χ4n) is 1.57. The van der Waals surface area contributed by atoms with E-state index >= 15 is 0 Å². The molecule has 17 heavy (non-hydrogen) atoms. The van der Waals surface area contributed by atoms with Crippen molar-refractivity contribution in [2.45, 2.75) is 6.92 Å². The fourth-order valence-corrected chi connectivity index (χ4v) is 2.31. The minimum Gasteiger partial charge on any atom is -0.496 e. The first kappa shape index (κ1) is 11.8. The number of anilines is 1. The molecule has 4 nitrogen and oxygen atoms in total. The number of rotatable bonds is 3. The summed E-state index contributed by atoms with van der Waals surface area (Å²) in [6.45, 7) is 1.90. The third kappa shape index (κ3) is 2.22. The number of hydrazine groups is 1. The minimum absolute atomic E-state index is 0.324. The maximum atomic E-state index is 13.3. The average molecular weight is 253 g/mol. The number of hydrogen-bond acceptors (Lipinski definition) is 5. The van der Waals surface area contributed by atoms with Gasteiger partial charge < -0.3 is 4.74 Å². The van der Waals surface area contributed by atoms with Crippen LogP contribution in [0.3, 0.4) is 0 Å². The van der Waals surface area contributed by atoms with Gasteiger partial charge in [0.1, 0.15) is 11.6 Å². The van der Waals surface area contributed by atoms with Gasteiger partial charge in [0.05, 0.1) is 12.8 Å². The Morgan fingerprint density at radius 1 is 1.47 bits per heavy atom.